The Bertz CT molecular complexity index is 343. The van der Waals surface area contributed by atoms with Crippen molar-refractivity contribution in [3.05, 3.63) is 0 Å². The molecule has 2 rings (SSSR count). The lowest BCUT2D eigenvalue weighted by molar-refractivity contribution is -0.134. The molecular weight excluding hydrogens is 264 g/mol. The van der Waals surface area contributed by atoms with Crippen molar-refractivity contribution in [2.75, 3.05) is 19.6 Å². The quantitative estimate of drug-likeness (QED) is 0.729. The molecule has 1 aliphatic heterocycles. The van der Waals surface area contributed by atoms with Crippen molar-refractivity contribution in [3.8, 4) is 0 Å². The first kappa shape index (κ1) is 16.8. The molecule has 1 aliphatic carbocycles. The molecule has 21 heavy (non-hydrogen) atoms. The summed E-state index contributed by atoms with van der Waals surface area (Å²) < 4.78 is 0. The first-order chi connectivity index (χ1) is 10.0. The van der Waals surface area contributed by atoms with Gasteiger partial charge < -0.3 is 15.7 Å². The molecule has 2 aliphatic rings. The smallest absolute Gasteiger partial charge is 0.226 e. The Hall–Kier alpha value is -0.610. The second-order valence-corrected chi connectivity index (χ2v) is 7.14. The van der Waals surface area contributed by atoms with Crippen molar-refractivity contribution < 1.29 is 9.90 Å². The molecule has 0 aromatic heterocycles. The van der Waals surface area contributed by atoms with Gasteiger partial charge in [-0.3, -0.25) is 4.79 Å². The molecule has 0 aromatic rings. The van der Waals surface area contributed by atoms with E-state index in [9.17, 15) is 9.90 Å². The van der Waals surface area contributed by atoms with Crippen LogP contribution in [0, 0.1) is 11.3 Å². The third-order valence-electron chi connectivity index (χ3n) is 5.91. The van der Waals surface area contributed by atoms with Crippen molar-refractivity contribution >= 4 is 5.91 Å². The van der Waals surface area contributed by atoms with E-state index in [4.69, 9.17) is 0 Å². The first-order valence-electron chi connectivity index (χ1n) is 8.75. The van der Waals surface area contributed by atoms with E-state index < -0.39 is 5.60 Å². The van der Waals surface area contributed by atoms with Gasteiger partial charge in [0.2, 0.25) is 5.91 Å². The molecule has 0 unspecified atom stereocenters. The molecule has 0 atom stereocenters. The van der Waals surface area contributed by atoms with Gasteiger partial charge in [-0.05, 0) is 64.0 Å². The largest absolute Gasteiger partial charge is 0.388 e. The number of aliphatic hydroxyl groups is 1. The summed E-state index contributed by atoms with van der Waals surface area (Å²) in [6.45, 7) is 6.59. The Labute approximate surface area is 129 Å². The number of hydrogen-bond donors (Lipinski definition) is 3. The Morgan fingerprint density at radius 1 is 1.19 bits per heavy atom. The topological polar surface area (TPSA) is 61.4 Å². The van der Waals surface area contributed by atoms with Crippen LogP contribution in [-0.2, 0) is 4.79 Å². The number of rotatable bonds is 5. The SMILES string of the molecule is CCC1CCC(O)(CNC(=O)C2(CC)CCNCC2)CC1. The Morgan fingerprint density at radius 2 is 1.81 bits per heavy atom. The highest BCUT2D eigenvalue weighted by atomic mass is 16.3. The van der Waals surface area contributed by atoms with Crippen LogP contribution in [0.1, 0.15) is 65.2 Å². The number of carbonyl (C=O) groups excluding carboxylic acids is 1. The zero-order valence-electron chi connectivity index (χ0n) is 13.7. The molecule has 0 bridgehead atoms. The lowest BCUT2D eigenvalue weighted by atomic mass is 9.75. The second kappa shape index (κ2) is 7.10. The number of hydrogen-bond acceptors (Lipinski definition) is 3. The van der Waals surface area contributed by atoms with Crippen LogP contribution in [0.3, 0.4) is 0 Å². The van der Waals surface area contributed by atoms with E-state index in [1.807, 2.05) is 0 Å². The summed E-state index contributed by atoms with van der Waals surface area (Å²) in [7, 11) is 0. The minimum Gasteiger partial charge on any atom is -0.388 e. The average Bonchev–Trinajstić information content (AvgIpc) is 2.54. The van der Waals surface area contributed by atoms with Crippen molar-refractivity contribution in [3.63, 3.8) is 0 Å². The van der Waals surface area contributed by atoms with E-state index in [0.29, 0.717) is 6.54 Å². The lowest BCUT2D eigenvalue weighted by Gasteiger charge is -2.39. The van der Waals surface area contributed by atoms with Gasteiger partial charge in [0.15, 0.2) is 0 Å². The molecule has 0 aromatic carbocycles. The first-order valence-corrected chi connectivity index (χ1v) is 8.75. The predicted molar refractivity (Wildman–Crippen MR) is 85.0 cm³/mol. The summed E-state index contributed by atoms with van der Waals surface area (Å²) in [5, 5.41) is 17.1. The molecule has 122 valence electrons. The van der Waals surface area contributed by atoms with Gasteiger partial charge >= 0.3 is 0 Å². The summed E-state index contributed by atoms with van der Waals surface area (Å²) in [6, 6.07) is 0. The molecule has 4 heteroatoms. The Kier molecular flexibility index (Phi) is 5.67. The summed E-state index contributed by atoms with van der Waals surface area (Å²) in [6.07, 6.45) is 7.74. The highest BCUT2D eigenvalue weighted by Gasteiger charge is 2.39. The number of piperidine rings is 1. The molecule has 2 fully saturated rings. The van der Waals surface area contributed by atoms with Gasteiger partial charge in [0.25, 0.3) is 0 Å². The van der Waals surface area contributed by atoms with E-state index >= 15 is 0 Å². The highest BCUT2D eigenvalue weighted by Crippen LogP contribution is 2.35. The van der Waals surface area contributed by atoms with Gasteiger partial charge in [0.05, 0.1) is 11.0 Å². The standard InChI is InChI=1S/C17H32N2O2/c1-3-14-5-7-17(21,8-6-14)13-19-15(20)16(4-2)9-11-18-12-10-16/h14,18,21H,3-13H2,1-2H3,(H,19,20). The number of carbonyl (C=O) groups is 1. The van der Waals surface area contributed by atoms with Gasteiger partial charge in [-0.2, -0.15) is 0 Å². The summed E-state index contributed by atoms with van der Waals surface area (Å²) in [5.74, 6) is 0.907. The van der Waals surface area contributed by atoms with Crippen LogP contribution in [-0.4, -0.2) is 36.2 Å². The van der Waals surface area contributed by atoms with Gasteiger partial charge in [-0.1, -0.05) is 20.3 Å². The van der Waals surface area contributed by atoms with Gasteiger partial charge in [-0.25, -0.2) is 0 Å². The molecule has 1 saturated heterocycles. The Balaban J connectivity index is 1.85. The maximum absolute atomic E-state index is 12.6. The van der Waals surface area contributed by atoms with Gasteiger partial charge in [0, 0.05) is 6.54 Å². The summed E-state index contributed by atoms with van der Waals surface area (Å²) in [4.78, 5) is 12.6. The van der Waals surface area contributed by atoms with Crippen LogP contribution in [0.5, 0.6) is 0 Å². The molecule has 1 saturated carbocycles. The fourth-order valence-corrected chi connectivity index (χ4v) is 3.88. The lowest BCUT2D eigenvalue weighted by Crippen LogP contribution is -2.52. The van der Waals surface area contributed by atoms with E-state index in [-0.39, 0.29) is 11.3 Å². The van der Waals surface area contributed by atoms with Crippen LogP contribution >= 0.6 is 0 Å². The molecule has 0 spiro atoms. The van der Waals surface area contributed by atoms with Crippen LogP contribution in [0.4, 0.5) is 0 Å². The Morgan fingerprint density at radius 3 is 2.33 bits per heavy atom. The van der Waals surface area contributed by atoms with Gasteiger partial charge in [-0.15, -0.1) is 0 Å². The molecule has 3 N–H and O–H groups in total. The number of nitrogens with one attached hydrogen (secondary N) is 2. The van der Waals surface area contributed by atoms with Crippen LogP contribution < -0.4 is 10.6 Å². The average molecular weight is 296 g/mol. The number of amides is 1. The van der Waals surface area contributed by atoms with Crippen LogP contribution in [0.15, 0.2) is 0 Å². The van der Waals surface area contributed by atoms with Crippen molar-refractivity contribution in [1.82, 2.24) is 10.6 Å². The maximum atomic E-state index is 12.6. The van der Waals surface area contributed by atoms with Crippen molar-refractivity contribution in [2.24, 2.45) is 11.3 Å². The highest BCUT2D eigenvalue weighted by molar-refractivity contribution is 5.82. The third-order valence-corrected chi connectivity index (χ3v) is 5.91. The van der Waals surface area contributed by atoms with E-state index in [1.165, 1.54) is 6.42 Å². The summed E-state index contributed by atoms with van der Waals surface area (Å²) in [5.41, 5.74) is -0.897. The monoisotopic (exact) mass is 296 g/mol. The van der Waals surface area contributed by atoms with Gasteiger partial charge in [0.1, 0.15) is 0 Å². The van der Waals surface area contributed by atoms with E-state index in [0.717, 1.165) is 64.0 Å². The normalized spacial score (nSPS) is 32.6. The minimum absolute atomic E-state index is 0.150. The maximum Gasteiger partial charge on any atom is 0.226 e. The second-order valence-electron chi connectivity index (χ2n) is 7.14. The molecule has 1 heterocycles. The van der Waals surface area contributed by atoms with E-state index in [1.54, 1.807) is 0 Å². The molecular formula is C17H32N2O2. The van der Waals surface area contributed by atoms with Crippen molar-refractivity contribution in [2.45, 2.75) is 70.8 Å². The van der Waals surface area contributed by atoms with Crippen LogP contribution in [0.2, 0.25) is 0 Å². The van der Waals surface area contributed by atoms with E-state index in [2.05, 4.69) is 24.5 Å². The van der Waals surface area contributed by atoms with Crippen LogP contribution in [0.25, 0.3) is 0 Å². The molecule has 0 radical (unpaired) electrons. The predicted octanol–water partition coefficient (Wildman–Crippen LogP) is 2.21. The minimum atomic E-state index is -0.677. The fraction of sp³-hybridized carbons (Fsp3) is 0.941. The fourth-order valence-electron chi connectivity index (χ4n) is 3.88. The third kappa shape index (κ3) is 3.98. The zero-order chi connectivity index (χ0) is 15.3. The molecule has 4 nitrogen and oxygen atoms in total. The molecule has 1 amide bonds. The van der Waals surface area contributed by atoms with Crippen molar-refractivity contribution in [1.29, 1.82) is 0 Å². The zero-order valence-corrected chi connectivity index (χ0v) is 13.7. The summed E-state index contributed by atoms with van der Waals surface area (Å²) >= 11 is 0.